The van der Waals surface area contributed by atoms with Crippen LogP contribution >= 0.6 is 0 Å². The lowest BCUT2D eigenvalue weighted by Crippen LogP contribution is -2.21. The highest BCUT2D eigenvalue weighted by molar-refractivity contribution is 5.81. The molecule has 0 saturated carbocycles. The topological polar surface area (TPSA) is 29.5 Å². The first kappa shape index (κ1) is 14.5. The second-order valence-electron chi connectivity index (χ2n) is 4.15. The molecule has 0 aliphatic carbocycles. The van der Waals surface area contributed by atoms with E-state index in [2.05, 4.69) is 29.2 Å². The zero-order valence-electron chi connectivity index (χ0n) is 11.1. The van der Waals surface area contributed by atoms with E-state index < -0.39 is 0 Å². The average Bonchev–Trinajstić information content (AvgIpc) is 2.38. The zero-order valence-corrected chi connectivity index (χ0v) is 11.1. The van der Waals surface area contributed by atoms with E-state index in [0.717, 1.165) is 19.5 Å². The summed E-state index contributed by atoms with van der Waals surface area (Å²) in [5.41, 5.74) is 1.33. The summed E-state index contributed by atoms with van der Waals surface area (Å²) in [6, 6.07) is 10.4. The van der Waals surface area contributed by atoms with Crippen LogP contribution in [0.5, 0.6) is 0 Å². The minimum atomic E-state index is -0.269. The smallest absolute Gasteiger partial charge is 0.330 e. The van der Waals surface area contributed by atoms with Crippen LogP contribution in [0.15, 0.2) is 42.5 Å². The van der Waals surface area contributed by atoms with Crippen LogP contribution in [0.3, 0.4) is 0 Å². The highest BCUT2D eigenvalue weighted by Gasteiger charge is 1.98. The van der Waals surface area contributed by atoms with Gasteiger partial charge in [-0.3, -0.25) is 0 Å². The summed E-state index contributed by atoms with van der Waals surface area (Å²) < 4.78 is 4.81. The van der Waals surface area contributed by atoms with Crippen molar-refractivity contribution in [2.45, 2.75) is 13.3 Å². The third-order valence-corrected chi connectivity index (χ3v) is 2.58. The summed E-state index contributed by atoms with van der Waals surface area (Å²) in [4.78, 5) is 13.2. The van der Waals surface area contributed by atoms with E-state index in [1.54, 1.807) is 6.92 Å². The Hall–Kier alpha value is -1.61. The van der Waals surface area contributed by atoms with Crippen LogP contribution in [0.2, 0.25) is 0 Å². The first-order chi connectivity index (χ1) is 8.72. The summed E-state index contributed by atoms with van der Waals surface area (Å²) in [6.07, 6.45) is 4.34. The first-order valence-electron chi connectivity index (χ1n) is 6.28. The van der Waals surface area contributed by atoms with E-state index in [-0.39, 0.29) is 5.97 Å². The Bertz CT molecular complexity index is 373. The minimum absolute atomic E-state index is 0.269. The van der Waals surface area contributed by atoms with Gasteiger partial charge in [0.25, 0.3) is 0 Å². The maximum atomic E-state index is 11.1. The monoisotopic (exact) mass is 247 g/mol. The fourth-order valence-electron chi connectivity index (χ4n) is 1.58. The van der Waals surface area contributed by atoms with Gasteiger partial charge < -0.3 is 9.64 Å². The predicted octanol–water partition coefficient (Wildman–Crippen LogP) is 2.28. The fraction of sp³-hybridized carbons (Fsp3) is 0.400. The molecule has 0 spiro atoms. The van der Waals surface area contributed by atoms with Gasteiger partial charge in [-0.05, 0) is 26.0 Å². The van der Waals surface area contributed by atoms with Crippen LogP contribution in [-0.2, 0) is 16.0 Å². The first-order valence-corrected chi connectivity index (χ1v) is 6.28. The van der Waals surface area contributed by atoms with E-state index in [0.29, 0.717) is 6.61 Å². The molecule has 0 fully saturated rings. The van der Waals surface area contributed by atoms with Crippen molar-refractivity contribution >= 4 is 5.97 Å². The maximum absolute atomic E-state index is 11.1. The average molecular weight is 247 g/mol. The van der Waals surface area contributed by atoms with E-state index in [4.69, 9.17) is 4.74 Å². The largest absolute Gasteiger partial charge is 0.463 e. The SMILES string of the molecule is CCOC(=O)/C=C/CN(C)CCc1ccccc1. The second kappa shape index (κ2) is 8.48. The van der Waals surface area contributed by atoms with Gasteiger partial charge in [-0.25, -0.2) is 4.79 Å². The van der Waals surface area contributed by atoms with E-state index in [1.807, 2.05) is 19.2 Å². The van der Waals surface area contributed by atoms with Gasteiger partial charge in [0.05, 0.1) is 6.61 Å². The molecule has 1 rings (SSSR count). The van der Waals surface area contributed by atoms with Crippen LogP contribution in [0.1, 0.15) is 12.5 Å². The lowest BCUT2D eigenvalue weighted by molar-refractivity contribution is -0.137. The molecule has 0 radical (unpaired) electrons. The van der Waals surface area contributed by atoms with Crippen molar-refractivity contribution in [3.05, 3.63) is 48.0 Å². The van der Waals surface area contributed by atoms with Gasteiger partial charge >= 0.3 is 5.97 Å². The van der Waals surface area contributed by atoms with Crippen LogP contribution in [-0.4, -0.2) is 37.6 Å². The molecular weight excluding hydrogens is 226 g/mol. The van der Waals surface area contributed by atoms with E-state index >= 15 is 0 Å². The standard InChI is InChI=1S/C15H21NO2/c1-3-18-15(17)10-7-12-16(2)13-11-14-8-5-4-6-9-14/h4-10H,3,11-13H2,1-2H3/b10-7+. The van der Waals surface area contributed by atoms with Crippen LogP contribution in [0.4, 0.5) is 0 Å². The minimum Gasteiger partial charge on any atom is -0.463 e. The summed E-state index contributed by atoms with van der Waals surface area (Å²) in [5.74, 6) is -0.269. The van der Waals surface area contributed by atoms with Gasteiger partial charge in [-0.1, -0.05) is 36.4 Å². The zero-order chi connectivity index (χ0) is 13.2. The molecule has 0 bridgehead atoms. The van der Waals surface area contributed by atoms with Crippen molar-refractivity contribution < 1.29 is 9.53 Å². The second-order valence-corrected chi connectivity index (χ2v) is 4.15. The van der Waals surface area contributed by atoms with Crippen LogP contribution in [0, 0.1) is 0 Å². The van der Waals surface area contributed by atoms with Gasteiger partial charge in [0.1, 0.15) is 0 Å². The molecule has 3 nitrogen and oxygen atoms in total. The van der Waals surface area contributed by atoms with Crippen molar-refractivity contribution in [2.75, 3.05) is 26.7 Å². The molecule has 3 heteroatoms. The van der Waals surface area contributed by atoms with Gasteiger partial charge in [0.15, 0.2) is 0 Å². The maximum Gasteiger partial charge on any atom is 0.330 e. The van der Waals surface area contributed by atoms with Gasteiger partial charge in [-0.2, -0.15) is 0 Å². The number of benzene rings is 1. The van der Waals surface area contributed by atoms with E-state index in [1.165, 1.54) is 11.6 Å². The van der Waals surface area contributed by atoms with Crippen LogP contribution in [0.25, 0.3) is 0 Å². The predicted molar refractivity (Wildman–Crippen MR) is 73.4 cm³/mol. The highest BCUT2D eigenvalue weighted by Crippen LogP contribution is 2.00. The molecule has 1 aromatic carbocycles. The van der Waals surface area contributed by atoms with Crippen molar-refractivity contribution in [2.24, 2.45) is 0 Å². The molecule has 0 atom stereocenters. The summed E-state index contributed by atoms with van der Waals surface area (Å²) >= 11 is 0. The number of carbonyl (C=O) groups is 1. The Labute approximate surface area is 109 Å². The van der Waals surface area contributed by atoms with Gasteiger partial charge in [0, 0.05) is 19.2 Å². The third-order valence-electron chi connectivity index (χ3n) is 2.58. The van der Waals surface area contributed by atoms with E-state index in [9.17, 15) is 4.79 Å². The summed E-state index contributed by atoms with van der Waals surface area (Å²) in [5, 5.41) is 0. The molecule has 1 aromatic rings. The van der Waals surface area contributed by atoms with Crippen molar-refractivity contribution in [3.63, 3.8) is 0 Å². The van der Waals surface area contributed by atoms with Gasteiger partial charge in [-0.15, -0.1) is 0 Å². The number of nitrogens with zero attached hydrogens (tertiary/aromatic N) is 1. The van der Waals surface area contributed by atoms with Gasteiger partial charge in [0.2, 0.25) is 0 Å². The fourth-order valence-corrected chi connectivity index (χ4v) is 1.58. The Morgan fingerprint density at radius 2 is 2.06 bits per heavy atom. The molecule has 0 aliphatic heterocycles. The number of likely N-dealkylation sites (N-methyl/N-ethyl adjacent to an activating group) is 1. The Morgan fingerprint density at radius 1 is 1.33 bits per heavy atom. The number of hydrogen-bond acceptors (Lipinski definition) is 3. The Balaban J connectivity index is 2.22. The molecule has 0 unspecified atom stereocenters. The van der Waals surface area contributed by atoms with Crippen molar-refractivity contribution in [1.29, 1.82) is 0 Å². The lowest BCUT2D eigenvalue weighted by atomic mass is 10.1. The molecule has 0 aliphatic rings. The Morgan fingerprint density at radius 3 is 2.72 bits per heavy atom. The molecule has 0 heterocycles. The molecule has 0 saturated heterocycles. The number of ether oxygens (including phenoxy) is 1. The number of esters is 1. The van der Waals surface area contributed by atoms with Crippen molar-refractivity contribution in [1.82, 2.24) is 4.90 Å². The quantitative estimate of drug-likeness (QED) is 0.547. The highest BCUT2D eigenvalue weighted by atomic mass is 16.5. The summed E-state index contributed by atoms with van der Waals surface area (Å²) in [6.45, 7) is 3.95. The number of rotatable bonds is 7. The van der Waals surface area contributed by atoms with Crippen LogP contribution < -0.4 is 0 Å². The number of hydrogen-bond donors (Lipinski definition) is 0. The number of carbonyl (C=O) groups excluding carboxylic acids is 1. The third kappa shape index (κ3) is 6.21. The normalized spacial score (nSPS) is 11.1. The lowest BCUT2D eigenvalue weighted by Gasteiger charge is -2.13. The van der Waals surface area contributed by atoms with Crippen molar-refractivity contribution in [3.8, 4) is 0 Å². The molecule has 18 heavy (non-hydrogen) atoms. The molecule has 0 amide bonds. The molecule has 0 N–H and O–H groups in total. The molecule has 0 aromatic heterocycles. The molecule has 98 valence electrons. The summed E-state index contributed by atoms with van der Waals surface area (Å²) in [7, 11) is 2.04. The molecular formula is C15H21NO2. The Kier molecular flexibility index (Phi) is 6.81.